The molecule has 0 aromatic carbocycles. The minimum Gasteiger partial charge on any atom is -0.383 e. The molecule has 0 saturated carbocycles. The maximum atomic E-state index is 13.3. The lowest BCUT2D eigenvalue weighted by Gasteiger charge is -2.33. The fourth-order valence-corrected chi connectivity index (χ4v) is 3.90. The summed E-state index contributed by atoms with van der Waals surface area (Å²) >= 11 is 0. The van der Waals surface area contributed by atoms with Crippen molar-refractivity contribution in [1.82, 2.24) is 15.0 Å². The molecule has 3 saturated heterocycles. The lowest BCUT2D eigenvalue weighted by atomic mass is 10.1. The second-order valence-electron chi connectivity index (χ2n) is 7.40. The summed E-state index contributed by atoms with van der Waals surface area (Å²) < 4.78 is 45.4. The third-order valence-corrected chi connectivity index (χ3v) is 5.55. The minimum atomic E-state index is -4.57. The van der Waals surface area contributed by atoms with Crippen molar-refractivity contribution in [3.8, 4) is 11.3 Å². The largest absolute Gasteiger partial charge is 0.419 e. The number of pyridine rings is 1. The number of aromatic nitrogens is 3. The first-order valence-electron chi connectivity index (χ1n) is 9.24. The molecular formula is C18H19F3N6O. The van der Waals surface area contributed by atoms with Crippen LogP contribution in [0.2, 0.25) is 0 Å². The molecule has 2 bridgehead atoms. The lowest BCUT2D eigenvalue weighted by molar-refractivity contribution is -0.137. The first kappa shape index (κ1) is 17.5. The molecule has 5 heterocycles. The van der Waals surface area contributed by atoms with Gasteiger partial charge in [-0.15, -0.1) is 0 Å². The third kappa shape index (κ3) is 2.92. The fourth-order valence-electron chi connectivity index (χ4n) is 3.90. The van der Waals surface area contributed by atoms with Crippen LogP contribution in [0.3, 0.4) is 0 Å². The van der Waals surface area contributed by atoms with Crippen molar-refractivity contribution in [2.45, 2.75) is 31.2 Å². The number of rotatable bonds is 3. The summed E-state index contributed by atoms with van der Waals surface area (Å²) in [5, 5.41) is 0. The predicted octanol–water partition coefficient (Wildman–Crippen LogP) is 2.33. The summed E-state index contributed by atoms with van der Waals surface area (Å²) in [7, 11) is 0. The van der Waals surface area contributed by atoms with E-state index in [0.29, 0.717) is 24.1 Å². The number of ether oxygens (including phenoxy) is 1. The van der Waals surface area contributed by atoms with E-state index >= 15 is 0 Å². The zero-order valence-corrected chi connectivity index (χ0v) is 15.0. The van der Waals surface area contributed by atoms with Crippen molar-refractivity contribution in [1.29, 1.82) is 0 Å². The molecule has 148 valence electrons. The van der Waals surface area contributed by atoms with Crippen LogP contribution in [-0.4, -0.2) is 53.3 Å². The molecule has 0 spiro atoms. The Morgan fingerprint density at radius 3 is 2.61 bits per heavy atom. The van der Waals surface area contributed by atoms with Crippen LogP contribution in [0.15, 0.2) is 18.3 Å². The number of morpholine rings is 1. The van der Waals surface area contributed by atoms with Crippen LogP contribution in [0.4, 0.5) is 30.8 Å². The molecule has 2 unspecified atom stereocenters. The van der Waals surface area contributed by atoms with Gasteiger partial charge in [0.15, 0.2) is 0 Å². The number of alkyl halides is 3. The Hall–Kier alpha value is -2.62. The summed E-state index contributed by atoms with van der Waals surface area (Å²) in [6.07, 6.45) is -1.07. The highest BCUT2D eigenvalue weighted by molar-refractivity contribution is 5.67. The van der Waals surface area contributed by atoms with Crippen molar-refractivity contribution < 1.29 is 17.9 Å². The first-order chi connectivity index (χ1) is 13.4. The first-order valence-corrected chi connectivity index (χ1v) is 9.24. The Morgan fingerprint density at radius 1 is 1.18 bits per heavy atom. The smallest absolute Gasteiger partial charge is 0.383 e. The molecule has 2 aromatic rings. The summed E-state index contributed by atoms with van der Waals surface area (Å²) in [4.78, 5) is 17.1. The number of nitrogens with zero attached hydrogens (tertiary/aromatic N) is 5. The van der Waals surface area contributed by atoms with E-state index in [1.54, 1.807) is 6.07 Å². The Labute approximate surface area is 159 Å². The van der Waals surface area contributed by atoms with E-state index in [1.165, 1.54) is 6.20 Å². The van der Waals surface area contributed by atoms with Crippen molar-refractivity contribution in [2.24, 2.45) is 0 Å². The van der Waals surface area contributed by atoms with Crippen LogP contribution in [0.5, 0.6) is 0 Å². The minimum absolute atomic E-state index is 0.186. The normalized spacial score (nSPS) is 24.0. The van der Waals surface area contributed by atoms with Crippen LogP contribution in [0.1, 0.15) is 18.4 Å². The molecule has 2 N–H and O–H groups in total. The van der Waals surface area contributed by atoms with Crippen LogP contribution in [0, 0.1) is 0 Å². The number of halogens is 3. The zero-order chi connectivity index (χ0) is 19.5. The van der Waals surface area contributed by atoms with Gasteiger partial charge in [-0.05, 0) is 18.9 Å². The summed E-state index contributed by atoms with van der Waals surface area (Å²) in [6.45, 7) is 3.05. The Balaban J connectivity index is 1.58. The Bertz CT molecular complexity index is 917. The van der Waals surface area contributed by atoms with Crippen LogP contribution in [-0.2, 0) is 10.9 Å². The standard InChI is InChI=1S/C18H19F3N6O/c19-18(20,21)13-4-10(7-23-16(13)22)14-6-15(25-17(24-14)26-2-1-3-26)27-8-12-5-11(27)9-28-12/h4,6-7,11-12H,1-3,5,8-9H2,(H2,22,23). The van der Waals surface area contributed by atoms with E-state index in [4.69, 9.17) is 10.5 Å². The van der Waals surface area contributed by atoms with Crippen LogP contribution < -0.4 is 15.5 Å². The van der Waals surface area contributed by atoms with E-state index in [9.17, 15) is 13.2 Å². The number of fused-ring (bicyclic) bond motifs is 2. The second kappa shape index (κ2) is 6.20. The SMILES string of the molecule is Nc1ncc(-c2cc(N3CC4CC3CO4)nc(N3CCC3)n2)cc1C(F)(F)F. The average Bonchev–Trinajstić information content (AvgIpc) is 3.22. The molecule has 3 aliphatic rings. The van der Waals surface area contributed by atoms with Gasteiger partial charge in [-0.2, -0.15) is 18.2 Å². The number of anilines is 3. The monoisotopic (exact) mass is 392 g/mol. The van der Waals surface area contributed by atoms with Crippen molar-refractivity contribution in [3.05, 3.63) is 23.9 Å². The molecular weight excluding hydrogens is 373 g/mol. The lowest BCUT2D eigenvalue weighted by Crippen LogP contribution is -2.40. The molecule has 7 nitrogen and oxygen atoms in total. The third-order valence-electron chi connectivity index (χ3n) is 5.55. The topological polar surface area (TPSA) is 80.4 Å². The highest BCUT2D eigenvalue weighted by Gasteiger charge is 2.40. The summed E-state index contributed by atoms with van der Waals surface area (Å²) in [5.74, 6) is 0.711. The second-order valence-corrected chi connectivity index (χ2v) is 7.40. The molecule has 3 aliphatic heterocycles. The van der Waals surface area contributed by atoms with E-state index in [-0.39, 0.29) is 17.7 Å². The quantitative estimate of drug-likeness (QED) is 0.859. The number of nitrogens with two attached hydrogens (primary N) is 1. The van der Waals surface area contributed by atoms with Crippen LogP contribution >= 0.6 is 0 Å². The van der Waals surface area contributed by atoms with Gasteiger partial charge in [0, 0.05) is 37.5 Å². The van der Waals surface area contributed by atoms with E-state index in [1.807, 2.05) is 4.90 Å². The highest BCUT2D eigenvalue weighted by atomic mass is 19.4. The van der Waals surface area contributed by atoms with Gasteiger partial charge in [0.2, 0.25) is 5.95 Å². The maximum Gasteiger partial charge on any atom is 0.419 e. The molecule has 5 rings (SSSR count). The maximum absolute atomic E-state index is 13.3. The molecule has 2 aromatic heterocycles. The molecule has 0 radical (unpaired) electrons. The number of hydrogen-bond donors (Lipinski definition) is 1. The molecule has 0 aliphatic carbocycles. The number of nitrogen functional groups attached to an aromatic ring is 1. The van der Waals surface area contributed by atoms with Crippen molar-refractivity contribution in [3.63, 3.8) is 0 Å². The van der Waals surface area contributed by atoms with E-state index < -0.39 is 17.6 Å². The van der Waals surface area contributed by atoms with Gasteiger partial charge in [-0.1, -0.05) is 0 Å². The molecule has 3 fully saturated rings. The zero-order valence-electron chi connectivity index (χ0n) is 15.0. The Kier molecular flexibility index (Phi) is 3.87. The van der Waals surface area contributed by atoms with Crippen molar-refractivity contribution in [2.75, 3.05) is 41.8 Å². The van der Waals surface area contributed by atoms with Gasteiger partial charge in [0.1, 0.15) is 11.6 Å². The van der Waals surface area contributed by atoms with E-state index in [2.05, 4.69) is 19.9 Å². The molecule has 28 heavy (non-hydrogen) atoms. The van der Waals surface area contributed by atoms with E-state index in [0.717, 1.165) is 38.5 Å². The predicted molar refractivity (Wildman–Crippen MR) is 97.0 cm³/mol. The van der Waals surface area contributed by atoms with Gasteiger partial charge >= 0.3 is 6.18 Å². The fraction of sp³-hybridized carbons (Fsp3) is 0.500. The average molecular weight is 392 g/mol. The molecule has 10 heteroatoms. The van der Waals surface area contributed by atoms with Crippen molar-refractivity contribution >= 4 is 17.6 Å². The van der Waals surface area contributed by atoms with Gasteiger partial charge in [-0.3, -0.25) is 0 Å². The van der Waals surface area contributed by atoms with Gasteiger partial charge in [-0.25, -0.2) is 9.97 Å². The summed E-state index contributed by atoms with van der Waals surface area (Å²) in [6, 6.07) is 2.98. The number of hydrogen-bond acceptors (Lipinski definition) is 7. The van der Waals surface area contributed by atoms with Gasteiger partial charge in [0.05, 0.1) is 30.0 Å². The Morgan fingerprint density at radius 2 is 2.00 bits per heavy atom. The molecule has 0 amide bonds. The van der Waals surface area contributed by atoms with Crippen LogP contribution in [0.25, 0.3) is 11.3 Å². The molecule has 2 atom stereocenters. The summed E-state index contributed by atoms with van der Waals surface area (Å²) in [5.41, 5.74) is 5.17. The highest BCUT2D eigenvalue weighted by Crippen LogP contribution is 2.37. The van der Waals surface area contributed by atoms with Gasteiger partial charge < -0.3 is 20.3 Å². The van der Waals surface area contributed by atoms with Gasteiger partial charge in [0.25, 0.3) is 0 Å².